The van der Waals surface area contributed by atoms with Crippen LogP contribution in [0.4, 0.5) is 0 Å². The summed E-state index contributed by atoms with van der Waals surface area (Å²) in [5, 5.41) is 0. The van der Waals surface area contributed by atoms with E-state index in [0.29, 0.717) is 17.9 Å². The summed E-state index contributed by atoms with van der Waals surface area (Å²) in [6.07, 6.45) is 3.38. The minimum absolute atomic E-state index is 0.188. The topological polar surface area (TPSA) is 46.3 Å². The first kappa shape index (κ1) is 13.4. The predicted molar refractivity (Wildman–Crippen MR) is 83.9 cm³/mol. The lowest BCUT2D eigenvalue weighted by molar-refractivity contribution is 0.0783. The fraction of sp³-hybridized carbons (Fsp3) is 0.533. The molecule has 2 fully saturated rings. The lowest BCUT2D eigenvalue weighted by Crippen LogP contribution is -2.32. The highest BCUT2D eigenvalue weighted by atomic mass is 127. The fourth-order valence-electron chi connectivity index (χ4n) is 3.44. The van der Waals surface area contributed by atoms with Gasteiger partial charge in [0.05, 0.1) is 5.56 Å². The van der Waals surface area contributed by atoms with E-state index in [1.165, 1.54) is 6.42 Å². The van der Waals surface area contributed by atoms with Crippen molar-refractivity contribution in [1.82, 2.24) is 4.90 Å². The van der Waals surface area contributed by atoms with Gasteiger partial charge in [0.1, 0.15) is 0 Å². The van der Waals surface area contributed by atoms with E-state index in [0.717, 1.165) is 35.1 Å². The molecule has 102 valence electrons. The molecule has 2 N–H and O–H groups in total. The third kappa shape index (κ3) is 2.65. The van der Waals surface area contributed by atoms with Crippen LogP contribution in [0.25, 0.3) is 0 Å². The Labute approximate surface area is 127 Å². The molecule has 3 rings (SSSR count). The van der Waals surface area contributed by atoms with Crippen LogP contribution in [0.2, 0.25) is 0 Å². The maximum Gasteiger partial charge on any atom is 0.254 e. The number of likely N-dealkylation sites (tertiary alicyclic amines) is 1. The summed E-state index contributed by atoms with van der Waals surface area (Å²) in [5.41, 5.74) is 6.88. The third-order valence-corrected chi connectivity index (χ3v) is 5.42. The number of rotatable bonds is 1. The van der Waals surface area contributed by atoms with E-state index in [9.17, 15) is 4.79 Å². The molecule has 2 aliphatic rings. The van der Waals surface area contributed by atoms with Gasteiger partial charge >= 0.3 is 0 Å². The fourth-order valence-corrected chi connectivity index (χ4v) is 4.06. The first-order valence-electron chi connectivity index (χ1n) is 6.94. The molecule has 1 amide bonds. The Bertz CT molecular complexity index is 491. The van der Waals surface area contributed by atoms with E-state index in [2.05, 4.69) is 22.6 Å². The summed E-state index contributed by atoms with van der Waals surface area (Å²) < 4.78 is 1.04. The van der Waals surface area contributed by atoms with Crippen molar-refractivity contribution in [3.8, 4) is 0 Å². The van der Waals surface area contributed by atoms with Crippen LogP contribution < -0.4 is 5.73 Å². The molecule has 1 aromatic rings. The van der Waals surface area contributed by atoms with E-state index < -0.39 is 0 Å². The van der Waals surface area contributed by atoms with Crippen LogP contribution >= 0.6 is 22.6 Å². The molecule has 0 aromatic heterocycles. The molecule has 3 nitrogen and oxygen atoms in total. The second kappa shape index (κ2) is 5.40. The van der Waals surface area contributed by atoms with Crippen molar-refractivity contribution in [1.29, 1.82) is 0 Å². The quantitative estimate of drug-likeness (QED) is 0.773. The van der Waals surface area contributed by atoms with Gasteiger partial charge in [-0.2, -0.15) is 0 Å². The molecule has 1 aromatic carbocycles. The Morgan fingerprint density at radius 1 is 1.21 bits per heavy atom. The first-order chi connectivity index (χ1) is 9.15. The van der Waals surface area contributed by atoms with E-state index in [1.807, 2.05) is 29.2 Å². The highest BCUT2D eigenvalue weighted by Crippen LogP contribution is 2.36. The molecular formula is C15H19IN2O. The molecule has 1 aliphatic carbocycles. The monoisotopic (exact) mass is 370 g/mol. The van der Waals surface area contributed by atoms with Crippen LogP contribution in [-0.4, -0.2) is 29.9 Å². The first-order valence-corrected chi connectivity index (χ1v) is 8.02. The number of carbonyl (C=O) groups is 1. The highest BCUT2D eigenvalue weighted by molar-refractivity contribution is 14.1. The zero-order valence-corrected chi connectivity index (χ0v) is 13.0. The molecule has 1 aliphatic heterocycles. The molecule has 19 heavy (non-hydrogen) atoms. The Balaban J connectivity index is 1.74. The number of carbonyl (C=O) groups excluding carboxylic acids is 1. The average Bonchev–Trinajstić information content (AvgIpc) is 2.81. The minimum Gasteiger partial charge on any atom is -0.338 e. The van der Waals surface area contributed by atoms with Gasteiger partial charge in [-0.15, -0.1) is 0 Å². The van der Waals surface area contributed by atoms with Crippen LogP contribution in [0.1, 0.15) is 29.6 Å². The molecule has 0 spiro atoms. The van der Waals surface area contributed by atoms with Gasteiger partial charge in [0.2, 0.25) is 0 Å². The third-order valence-electron chi connectivity index (χ3n) is 4.48. The number of halogens is 1. The van der Waals surface area contributed by atoms with Crippen molar-refractivity contribution >= 4 is 28.5 Å². The van der Waals surface area contributed by atoms with Crippen LogP contribution in [0.3, 0.4) is 0 Å². The molecule has 1 heterocycles. The average molecular weight is 370 g/mol. The zero-order chi connectivity index (χ0) is 13.4. The molecule has 1 saturated heterocycles. The predicted octanol–water partition coefficient (Wildman–Crippen LogP) is 2.49. The van der Waals surface area contributed by atoms with Gasteiger partial charge in [-0.25, -0.2) is 0 Å². The SMILES string of the molecule is NC1CC[C@@H]2CN(C(=O)c3ccccc3I)C[C@@H]2C1. The van der Waals surface area contributed by atoms with Gasteiger partial charge in [0.15, 0.2) is 0 Å². The number of hydrogen-bond donors (Lipinski definition) is 1. The van der Waals surface area contributed by atoms with Crippen molar-refractivity contribution < 1.29 is 4.79 Å². The van der Waals surface area contributed by atoms with E-state index in [1.54, 1.807) is 0 Å². The Morgan fingerprint density at radius 2 is 1.95 bits per heavy atom. The molecule has 3 atom stereocenters. The van der Waals surface area contributed by atoms with Crippen LogP contribution in [0.5, 0.6) is 0 Å². The Morgan fingerprint density at radius 3 is 2.74 bits per heavy atom. The van der Waals surface area contributed by atoms with Crippen LogP contribution in [0.15, 0.2) is 24.3 Å². The molecule has 1 saturated carbocycles. The van der Waals surface area contributed by atoms with Crippen LogP contribution in [0, 0.1) is 15.4 Å². The molecular weight excluding hydrogens is 351 g/mol. The summed E-state index contributed by atoms with van der Waals surface area (Å²) >= 11 is 2.24. The van der Waals surface area contributed by atoms with Crippen molar-refractivity contribution in [2.75, 3.05) is 13.1 Å². The summed E-state index contributed by atoms with van der Waals surface area (Å²) in [6.45, 7) is 1.81. The summed E-state index contributed by atoms with van der Waals surface area (Å²) in [6, 6.07) is 8.17. The molecule has 0 bridgehead atoms. The standard InChI is InChI=1S/C15H19IN2O/c16-14-4-2-1-3-13(14)15(19)18-8-10-5-6-12(17)7-11(10)9-18/h1-4,10-12H,5-9,17H2/t10-,11+,12?/m1/s1. The lowest BCUT2D eigenvalue weighted by Gasteiger charge is -2.27. The van der Waals surface area contributed by atoms with Gasteiger partial charge in [-0.3, -0.25) is 4.79 Å². The normalized spacial score (nSPS) is 30.2. The minimum atomic E-state index is 0.188. The second-order valence-electron chi connectivity index (χ2n) is 5.78. The summed E-state index contributed by atoms with van der Waals surface area (Å²) in [7, 11) is 0. The number of hydrogen-bond acceptors (Lipinski definition) is 2. The lowest BCUT2D eigenvalue weighted by atomic mass is 9.79. The molecule has 0 radical (unpaired) electrons. The number of nitrogens with two attached hydrogens (primary N) is 1. The van der Waals surface area contributed by atoms with Crippen molar-refractivity contribution in [3.63, 3.8) is 0 Å². The Hall–Kier alpha value is -0.620. The van der Waals surface area contributed by atoms with Gasteiger partial charge in [-0.05, 0) is 65.8 Å². The largest absolute Gasteiger partial charge is 0.338 e. The molecule has 1 unspecified atom stereocenters. The van der Waals surface area contributed by atoms with E-state index in [-0.39, 0.29) is 5.91 Å². The number of fused-ring (bicyclic) bond motifs is 1. The van der Waals surface area contributed by atoms with Gasteiger partial charge < -0.3 is 10.6 Å². The highest BCUT2D eigenvalue weighted by Gasteiger charge is 2.38. The number of nitrogens with zero attached hydrogens (tertiary/aromatic N) is 1. The Kier molecular flexibility index (Phi) is 3.80. The number of amides is 1. The van der Waals surface area contributed by atoms with E-state index >= 15 is 0 Å². The van der Waals surface area contributed by atoms with Crippen molar-refractivity contribution in [2.24, 2.45) is 17.6 Å². The van der Waals surface area contributed by atoms with Crippen LogP contribution in [-0.2, 0) is 0 Å². The van der Waals surface area contributed by atoms with Crippen molar-refractivity contribution in [3.05, 3.63) is 33.4 Å². The smallest absolute Gasteiger partial charge is 0.254 e. The second-order valence-corrected chi connectivity index (χ2v) is 6.95. The van der Waals surface area contributed by atoms with Gasteiger partial charge in [0, 0.05) is 22.7 Å². The van der Waals surface area contributed by atoms with E-state index in [4.69, 9.17) is 5.73 Å². The molecule has 4 heteroatoms. The zero-order valence-electron chi connectivity index (χ0n) is 10.9. The van der Waals surface area contributed by atoms with Gasteiger partial charge in [0.25, 0.3) is 5.91 Å². The maximum atomic E-state index is 12.6. The number of benzene rings is 1. The maximum absolute atomic E-state index is 12.6. The van der Waals surface area contributed by atoms with Gasteiger partial charge in [-0.1, -0.05) is 12.1 Å². The summed E-state index contributed by atoms with van der Waals surface area (Å²) in [5.74, 6) is 1.48. The van der Waals surface area contributed by atoms with Crippen molar-refractivity contribution in [2.45, 2.75) is 25.3 Å². The summed E-state index contributed by atoms with van der Waals surface area (Å²) in [4.78, 5) is 14.6.